The second-order valence-electron chi connectivity index (χ2n) is 7.24. The van der Waals surface area contributed by atoms with Crippen LogP contribution in [0.1, 0.15) is 17.5 Å². The van der Waals surface area contributed by atoms with Crippen molar-refractivity contribution in [2.24, 2.45) is 0 Å². The van der Waals surface area contributed by atoms with Crippen LogP contribution in [0.3, 0.4) is 0 Å². The predicted octanol–water partition coefficient (Wildman–Crippen LogP) is 1.59. The van der Waals surface area contributed by atoms with E-state index >= 15 is 0 Å². The van der Waals surface area contributed by atoms with Crippen molar-refractivity contribution in [3.8, 4) is 0 Å². The average molecular weight is 453 g/mol. The summed E-state index contributed by atoms with van der Waals surface area (Å²) in [4.78, 5) is 12.4. The van der Waals surface area contributed by atoms with E-state index in [2.05, 4.69) is 5.32 Å². The van der Waals surface area contributed by atoms with Crippen LogP contribution in [0.15, 0.2) is 58.3 Å². The zero-order valence-corrected chi connectivity index (χ0v) is 18.5. The van der Waals surface area contributed by atoms with Gasteiger partial charge in [0.1, 0.15) is 6.04 Å². The van der Waals surface area contributed by atoms with Crippen molar-refractivity contribution in [1.29, 1.82) is 0 Å². The van der Waals surface area contributed by atoms with Gasteiger partial charge in [0, 0.05) is 20.0 Å². The molecule has 1 aliphatic heterocycles. The lowest BCUT2D eigenvalue weighted by molar-refractivity contribution is -0.123. The van der Waals surface area contributed by atoms with E-state index in [9.17, 15) is 21.6 Å². The molecule has 10 heteroatoms. The van der Waals surface area contributed by atoms with Gasteiger partial charge in [-0.1, -0.05) is 35.4 Å². The highest BCUT2D eigenvalue weighted by Crippen LogP contribution is 2.30. The van der Waals surface area contributed by atoms with Crippen LogP contribution >= 0.6 is 0 Å². The third kappa shape index (κ3) is 4.56. The Morgan fingerprint density at radius 2 is 1.43 bits per heavy atom. The third-order valence-electron chi connectivity index (χ3n) is 4.97. The standard InChI is InChI=1S/C20H24N2O6S2/c1-14-4-8-17(9-5-14)29(24,25)22-13-16(12-19(22)20(23)21-3)28-30(26,27)18-10-6-15(2)7-11-18/h4-11,16,19H,12-13H2,1-3H3,(H,21,23)/t16-,19+/m1/s1. The van der Waals surface area contributed by atoms with Crippen molar-refractivity contribution in [2.75, 3.05) is 13.6 Å². The highest BCUT2D eigenvalue weighted by Gasteiger charge is 2.45. The fourth-order valence-electron chi connectivity index (χ4n) is 3.29. The molecular formula is C20H24N2O6S2. The Kier molecular flexibility index (Phi) is 6.32. The van der Waals surface area contributed by atoms with Gasteiger partial charge in [0.25, 0.3) is 10.1 Å². The summed E-state index contributed by atoms with van der Waals surface area (Å²) in [6.45, 7) is 3.41. The quantitative estimate of drug-likeness (QED) is 0.667. The lowest BCUT2D eigenvalue weighted by Gasteiger charge is -2.22. The first kappa shape index (κ1) is 22.4. The topological polar surface area (TPSA) is 110 Å². The van der Waals surface area contributed by atoms with E-state index in [4.69, 9.17) is 4.18 Å². The van der Waals surface area contributed by atoms with Crippen LogP contribution in [-0.2, 0) is 29.1 Å². The number of aryl methyl sites for hydroxylation is 2. The molecule has 3 rings (SSSR count). The summed E-state index contributed by atoms with van der Waals surface area (Å²) in [5.74, 6) is -0.524. The lowest BCUT2D eigenvalue weighted by Crippen LogP contribution is -2.44. The van der Waals surface area contributed by atoms with E-state index in [1.165, 1.54) is 31.3 Å². The van der Waals surface area contributed by atoms with Crippen LogP contribution in [0.4, 0.5) is 0 Å². The number of benzene rings is 2. The van der Waals surface area contributed by atoms with Gasteiger partial charge < -0.3 is 5.32 Å². The summed E-state index contributed by atoms with van der Waals surface area (Å²) in [5.41, 5.74) is 1.79. The Bertz CT molecular complexity index is 1130. The number of carbonyl (C=O) groups excluding carboxylic acids is 1. The first-order valence-corrected chi connectivity index (χ1v) is 12.2. The van der Waals surface area contributed by atoms with Gasteiger partial charge in [-0.15, -0.1) is 0 Å². The molecule has 2 aromatic rings. The molecule has 1 N–H and O–H groups in total. The van der Waals surface area contributed by atoms with E-state index < -0.39 is 38.2 Å². The fourth-order valence-corrected chi connectivity index (χ4v) is 6.00. The zero-order chi connectivity index (χ0) is 22.1. The molecule has 8 nitrogen and oxygen atoms in total. The van der Waals surface area contributed by atoms with Crippen LogP contribution in [0.25, 0.3) is 0 Å². The van der Waals surface area contributed by atoms with Gasteiger partial charge >= 0.3 is 0 Å². The molecule has 162 valence electrons. The van der Waals surface area contributed by atoms with Gasteiger partial charge in [-0.2, -0.15) is 12.7 Å². The largest absolute Gasteiger partial charge is 0.358 e. The van der Waals surface area contributed by atoms with E-state index in [1.54, 1.807) is 24.3 Å². The number of carbonyl (C=O) groups is 1. The van der Waals surface area contributed by atoms with Crippen LogP contribution in [-0.4, -0.2) is 52.8 Å². The molecule has 0 saturated carbocycles. The van der Waals surface area contributed by atoms with Crippen LogP contribution in [0.2, 0.25) is 0 Å². The lowest BCUT2D eigenvalue weighted by atomic mass is 10.2. The maximum atomic E-state index is 13.1. The van der Waals surface area contributed by atoms with Gasteiger partial charge in [0.15, 0.2) is 0 Å². The number of rotatable bonds is 6. The molecule has 0 aliphatic carbocycles. The molecular weight excluding hydrogens is 428 g/mol. The molecule has 0 radical (unpaired) electrons. The number of nitrogens with zero attached hydrogens (tertiary/aromatic N) is 1. The van der Waals surface area contributed by atoms with Crippen molar-refractivity contribution in [2.45, 2.75) is 42.2 Å². The van der Waals surface area contributed by atoms with Gasteiger partial charge in [-0.05, 0) is 38.1 Å². The summed E-state index contributed by atoms with van der Waals surface area (Å²) < 4.78 is 57.8. The maximum Gasteiger partial charge on any atom is 0.297 e. The Labute approximate surface area is 177 Å². The summed E-state index contributed by atoms with van der Waals surface area (Å²) in [6, 6.07) is 11.3. The summed E-state index contributed by atoms with van der Waals surface area (Å²) in [6.07, 6.45) is -1.06. The Morgan fingerprint density at radius 3 is 1.93 bits per heavy atom. The Hall–Kier alpha value is -2.27. The minimum absolute atomic E-state index is 0.0237. The number of likely N-dealkylation sites (N-methyl/N-ethyl adjacent to an activating group) is 1. The first-order valence-electron chi connectivity index (χ1n) is 9.34. The van der Waals surface area contributed by atoms with Gasteiger partial charge in [-0.3, -0.25) is 8.98 Å². The minimum Gasteiger partial charge on any atom is -0.358 e. The summed E-state index contributed by atoms with van der Waals surface area (Å²) in [7, 11) is -6.73. The predicted molar refractivity (Wildman–Crippen MR) is 111 cm³/mol. The number of amides is 1. The highest BCUT2D eigenvalue weighted by atomic mass is 32.2. The third-order valence-corrected chi connectivity index (χ3v) is 8.23. The number of sulfonamides is 1. The number of hydrogen-bond donors (Lipinski definition) is 1. The van der Waals surface area contributed by atoms with Gasteiger partial charge in [0.05, 0.1) is 15.9 Å². The molecule has 1 fully saturated rings. The van der Waals surface area contributed by atoms with E-state index in [0.717, 1.165) is 15.4 Å². The highest BCUT2D eigenvalue weighted by molar-refractivity contribution is 7.89. The van der Waals surface area contributed by atoms with Gasteiger partial charge in [0.2, 0.25) is 15.9 Å². The molecule has 30 heavy (non-hydrogen) atoms. The number of hydrogen-bond acceptors (Lipinski definition) is 6. The van der Waals surface area contributed by atoms with Crippen molar-refractivity contribution >= 4 is 26.0 Å². The van der Waals surface area contributed by atoms with Crippen molar-refractivity contribution in [3.05, 3.63) is 59.7 Å². The molecule has 0 bridgehead atoms. The fraction of sp³-hybridized carbons (Fsp3) is 0.350. The van der Waals surface area contributed by atoms with E-state index in [-0.39, 0.29) is 22.8 Å². The smallest absolute Gasteiger partial charge is 0.297 e. The van der Waals surface area contributed by atoms with Crippen molar-refractivity contribution < 1.29 is 25.8 Å². The molecule has 1 aliphatic rings. The molecule has 1 amide bonds. The molecule has 0 unspecified atom stereocenters. The molecule has 2 atom stereocenters. The zero-order valence-electron chi connectivity index (χ0n) is 16.9. The first-order chi connectivity index (χ1) is 14.0. The van der Waals surface area contributed by atoms with E-state index in [1.807, 2.05) is 13.8 Å². The van der Waals surface area contributed by atoms with Crippen molar-refractivity contribution in [3.63, 3.8) is 0 Å². The van der Waals surface area contributed by atoms with E-state index in [0.29, 0.717) is 0 Å². The average Bonchev–Trinajstić information content (AvgIpc) is 3.12. The maximum absolute atomic E-state index is 13.1. The number of nitrogens with one attached hydrogen (secondary N) is 1. The summed E-state index contributed by atoms with van der Waals surface area (Å²) in [5, 5.41) is 2.44. The van der Waals surface area contributed by atoms with Crippen LogP contribution in [0.5, 0.6) is 0 Å². The molecule has 0 aromatic heterocycles. The second-order valence-corrected chi connectivity index (χ2v) is 10.7. The summed E-state index contributed by atoms with van der Waals surface area (Å²) >= 11 is 0. The molecule has 2 aromatic carbocycles. The molecule has 1 saturated heterocycles. The monoisotopic (exact) mass is 452 g/mol. The van der Waals surface area contributed by atoms with Crippen molar-refractivity contribution in [1.82, 2.24) is 9.62 Å². The normalized spacial score (nSPS) is 20.2. The Balaban J connectivity index is 1.88. The minimum atomic E-state index is -4.11. The van der Waals surface area contributed by atoms with Crippen LogP contribution in [0, 0.1) is 13.8 Å². The Morgan fingerprint density at radius 1 is 0.933 bits per heavy atom. The SMILES string of the molecule is CNC(=O)[C@@H]1C[C@@H](OS(=O)(=O)c2ccc(C)cc2)CN1S(=O)(=O)c1ccc(C)cc1. The second kappa shape index (κ2) is 8.46. The molecule has 0 spiro atoms. The molecule has 1 heterocycles. The van der Waals surface area contributed by atoms with Gasteiger partial charge in [-0.25, -0.2) is 8.42 Å². The van der Waals surface area contributed by atoms with Crippen LogP contribution < -0.4 is 5.32 Å².